The van der Waals surface area contributed by atoms with Gasteiger partial charge < -0.3 is 14.8 Å². The van der Waals surface area contributed by atoms with Crippen LogP contribution in [0.1, 0.15) is 10.4 Å². The summed E-state index contributed by atoms with van der Waals surface area (Å²) < 4.78 is 12.3. The number of nitrogens with zero attached hydrogens (tertiary/aromatic N) is 5. The van der Waals surface area contributed by atoms with Gasteiger partial charge in [0.05, 0.1) is 25.5 Å². The number of benzene rings is 2. The van der Waals surface area contributed by atoms with Crippen molar-refractivity contribution in [3.63, 3.8) is 0 Å². The minimum Gasteiger partial charge on any atom is -0.493 e. The van der Waals surface area contributed by atoms with Gasteiger partial charge in [-0.3, -0.25) is 9.78 Å². The van der Waals surface area contributed by atoms with Crippen molar-refractivity contribution in [3.8, 4) is 34.3 Å². The Morgan fingerprint density at radius 3 is 2.44 bits per heavy atom. The zero-order chi connectivity index (χ0) is 23.5. The zero-order valence-corrected chi connectivity index (χ0v) is 18.5. The van der Waals surface area contributed by atoms with Gasteiger partial charge in [-0.1, -0.05) is 24.3 Å². The van der Waals surface area contributed by atoms with Gasteiger partial charge in [0.1, 0.15) is 5.69 Å². The van der Waals surface area contributed by atoms with Crippen LogP contribution in [0.2, 0.25) is 0 Å². The fourth-order valence-corrected chi connectivity index (χ4v) is 3.59. The molecule has 9 nitrogen and oxygen atoms in total. The third-order valence-electron chi connectivity index (χ3n) is 5.24. The van der Waals surface area contributed by atoms with E-state index in [1.165, 1.54) is 14.2 Å². The zero-order valence-electron chi connectivity index (χ0n) is 18.5. The van der Waals surface area contributed by atoms with Crippen molar-refractivity contribution < 1.29 is 14.3 Å². The highest BCUT2D eigenvalue weighted by molar-refractivity contribution is 6.06. The molecule has 0 saturated carbocycles. The highest BCUT2D eigenvalue weighted by Crippen LogP contribution is 2.31. The van der Waals surface area contributed by atoms with E-state index in [0.29, 0.717) is 39.9 Å². The summed E-state index contributed by atoms with van der Waals surface area (Å²) in [6, 6.07) is 21.9. The lowest BCUT2D eigenvalue weighted by atomic mass is 10.1. The van der Waals surface area contributed by atoms with E-state index in [4.69, 9.17) is 14.6 Å². The van der Waals surface area contributed by atoms with E-state index in [2.05, 4.69) is 20.5 Å². The molecule has 0 bridgehead atoms. The Kier molecular flexibility index (Phi) is 5.57. The number of aromatic nitrogens is 5. The molecule has 0 spiro atoms. The predicted octanol–water partition coefficient (Wildman–Crippen LogP) is 4.12. The molecule has 1 N–H and O–H groups in total. The monoisotopic (exact) mass is 452 g/mol. The number of methoxy groups -OCH3 is 2. The van der Waals surface area contributed by atoms with Crippen molar-refractivity contribution in [2.75, 3.05) is 19.5 Å². The summed E-state index contributed by atoms with van der Waals surface area (Å²) >= 11 is 0. The van der Waals surface area contributed by atoms with E-state index in [9.17, 15) is 4.79 Å². The normalized spacial score (nSPS) is 10.8. The molecule has 5 rings (SSSR count). The third-order valence-corrected chi connectivity index (χ3v) is 5.24. The summed E-state index contributed by atoms with van der Waals surface area (Å²) in [5.41, 5.74) is 3.94. The van der Waals surface area contributed by atoms with E-state index < -0.39 is 0 Å². The molecule has 5 aromatic rings. The molecule has 0 fully saturated rings. The van der Waals surface area contributed by atoms with Crippen LogP contribution >= 0.6 is 0 Å². The molecule has 9 heteroatoms. The summed E-state index contributed by atoms with van der Waals surface area (Å²) in [4.78, 5) is 17.2. The van der Waals surface area contributed by atoms with Crippen molar-refractivity contribution in [2.24, 2.45) is 0 Å². The van der Waals surface area contributed by atoms with Crippen LogP contribution < -0.4 is 14.8 Å². The molecule has 2 aromatic carbocycles. The van der Waals surface area contributed by atoms with E-state index in [-0.39, 0.29) is 5.91 Å². The van der Waals surface area contributed by atoms with Crippen LogP contribution in [0.15, 0.2) is 79.0 Å². The molecule has 0 aliphatic rings. The quantitative estimate of drug-likeness (QED) is 0.413. The summed E-state index contributed by atoms with van der Waals surface area (Å²) in [5, 5.41) is 16.0. The second kappa shape index (κ2) is 8.99. The summed E-state index contributed by atoms with van der Waals surface area (Å²) in [6.45, 7) is 0. The Morgan fingerprint density at radius 1 is 0.853 bits per heavy atom. The predicted molar refractivity (Wildman–Crippen MR) is 127 cm³/mol. The maximum atomic E-state index is 12.8. The standard InChI is InChI=1S/C25H20N6O3/c1-33-21-8-5-6-18(23(21)34-2)25(32)27-17-11-9-16(10-12-17)19-13-14-22-28-29-24(31(22)30-19)20-7-3-4-15-26-20/h3-15H,1-2H3,(H,27,32). The molecule has 0 unspecified atom stereocenters. The maximum Gasteiger partial charge on any atom is 0.259 e. The van der Waals surface area contributed by atoms with Crippen molar-refractivity contribution in [1.82, 2.24) is 24.8 Å². The number of ether oxygens (including phenoxy) is 2. The fraction of sp³-hybridized carbons (Fsp3) is 0.0800. The lowest BCUT2D eigenvalue weighted by molar-refractivity contribution is 0.102. The van der Waals surface area contributed by atoms with Crippen molar-refractivity contribution in [1.29, 1.82) is 0 Å². The van der Waals surface area contributed by atoms with Gasteiger partial charge in [-0.25, -0.2) is 0 Å². The first-order valence-electron chi connectivity index (χ1n) is 10.4. The summed E-state index contributed by atoms with van der Waals surface area (Å²) in [7, 11) is 3.03. The van der Waals surface area contributed by atoms with Crippen LogP contribution in [0.4, 0.5) is 5.69 Å². The van der Waals surface area contributed by atoms with Gasteiger partial charge in [0.2, 0.25) is 5.82 Å². The number of carbonyl (C=O) groups is 1. The van der Waals surface area contributed by atoms with Crippen LogP contribution in [0.5, 0.6) is 11.5 Å². The first-order chi connectivity index (χ1) is 16.7. The molecule has 3 aromatic heterocycles. The lowest BCUT2D eigenvalue weighted by Crippen LogP contribution is -2.13. The minimum atomic E-state index is -0.299. The topological polar surface area (TPSA) is 104 Å². The Hall–Kier alpha value is -4.79. The number of hydrogen-bond donors (Lipinski definition) is 1. The fourth-order valence-electron chi connectivity index (χ4n) is 3.59. The largest absolute Gasteiger partial charge is 0.493 e. The molecule has 0 aliphatic carbocycles. The number of hydrogen-bond acceptors (Lipinski definition) is 7. The highest BCUT2D eigenvalue weighted by Gasteiger charge is 2.17. The molecule has 168 valence electrons. The van der Waals surface area contributed by atoms with Gasteiger partial charge in [0.25, 0.3) is 5.91 Å². The molecule has 0 atom stereocenters. The van der Waals surface area contributed by atoms with E-state index >= 15 is 0 Å². The van der Waals surface area contributed by atoms with Gasteiger partial charge in [0, 0.05) is 17.4 Å². The van der Waals surface area contributed by atoms with E-state index in [0.717, 1.165) is 11.3 Å². The van der Waals surface area contributed by atoms with Crippen LogP contribution in [-0.2, 0) is 0 Å². The van der Waals surface area contributed by atoms with E-state index in [1.54, 1.807) is 28.9 Å². The van der Waals surface area contributed by atoms with E-state index in [1.807, 2.05) is 54.6 Å². The van der Waals surface area contributed by atoms with Crippen molar-refractivity contribution in [2.45, 2.75) is 0 Å². The van der Waals surface area contributed by atoms with Crippen LogP contribution in [0, 0.1) is 0 Å². The van der Waals surface area contributed by atoms with Gasteiger partial charge in [-0.05, 0) is 48.5 Å². The third kappa shape index (κ3) is 3.90. The van der Waals surface area contributed by atoms with Crippen molar-refractivity contribution in [3.05, 3.63) is 84.6 Å². The summed E-state index contributed by atoms with van der Waals surface area (Å²) in [6.07, 6.45) is 1.70. The minimum absolute atomic E-state index is 0.299. The first-order valence-corrected chi connectivity index (χ1v) is 10.4. The number of pyridine rings is 1. The highest BCUT2D eigenvalue weighted by atomic mass is 16.5. The number of anilines is 1. The Labute approximate surface area is 195 Å². The number of nitrogens with one attached hydrogen (secondary N) is 1. The number of fused-ring (bicyclic) bond motifs is 1. The van der Waals surface area contributed by atoms with Crippen LogP contribution in [0.25, 0.3) is 28.4 Å². The molecule has 0 saturated heterocycles. The molecule has 0 radical (unpaired) electrons. The Morgan fingerprint density at radius 2 is 1.71 bits per heavy atom. The molecule has 1 amide bonds. The van der Waals surface area contributed by atoms with Crippen molar-refractivity contribution >= 4 is 17.2 Å². The SMILES string of the molecule is COc1cccc(C(=O)Nc2ccc(-c3ccc4nnc(-c5ccccn5)n4n3)cc2)c1OC. The molecular weight excluding hydrogens is 432 g/mol. The lowest BCUT2D eigenvalue weighted by Gasteiger charge is -2.12. The second-order valence-electron chi connectivity index (χ2n) is 7.30. The van der Waals surface area contributed by atoms with Gasteiger partial charge in [0.15, 0.2) is 17.1 Å². The smallest absolute Gasteiger partial charge is 0.259 e. The van der Waals surface area contributed by atoms with Crippen LogP contribution in [0.3, 0.4) is 0 Å². The molecule has 34 heavy (non-hydrogen) atoms. The number of carbonyl (C=O) groups excluding carboxylic acids is 1. The molecule has 3 heterocycles. The van der Waals surface area contributed by atoms with Gasteiger partial charge >= 0.3 is 0 Å². The number of rotatable bonds is 6. The maximum absolute atomic E-state index is 12.8. The molecule has 0 aliphatic heterocycles. The summed E-state index contributed by atoms with van der Waals surface area (Å²) in [5.74, 6) is 1.14. The molecular formula is C25H20N6O3. The van der Waals surface area contributed by atoms with Crippen LogP contribution in [-0.4, -0.2) is 44.9 Å². The van der Waals surface area contributed by atoms with Gasteiger partial charge in [-0.2, -0.15) is 9.61 Å². The second-order valence-corrected chi connectivity index (χ2v) is 7.30. The Bertz CT molecular complexity index is 1470. The average molecular weight is 452 g/mol. The Balaban J connectivity index is 1.40. The number of amides is 1. The average Bonchev–Trinajstić information content (AvgIpc) is 3.32. The first kappa shape index (κ1) is 21.1. The number of para-hydroxylation sites is 1. The van der Waals surface area contributed by atoms with Gasteiger partial charge in [-0.15, -0.1) is 10.2 Å².